The highest BCUT2D eigenvalue weighted by Gasteiger charge is 2.41. The quantitative estimate of drug-likeness (QED) is 0.633. The number of aromatic hydroxyl groups is 1. The van der Waals surface area contributed by atoms with E-state index < -0.39 is 28.0 Å². The van der Waals surface area contributed by atoms with Gasteiger partial charge in [-0.15, -0.1) is 0 Å². The van der Waals surface area contributed by atoms with Gasteiger partial charge in [0.15, 0.2) is 0 Å². The van der Waals surface area contributed by atoms with Crippen molar-refractivity contribution in [2.24, 2.45) is 0 Å². The van der Waals surface area contributed by atoms with Gasteiger partial charge in [0.05, 0.1) is 22.6 Å². The molecule has 3 N–H and O–H groups in total. The topological polar surface area (TPSA) is 146 Å². The number of phenolic OH excluding ortho intramolecular Hbond substituents is 1. The molecule has 1 aliphatic heterocycles. The van der Waals surface area contributed by atoms with E-state index in [0.29, 0.717) is 0 Å². The zero-order valence-corrected chi connectivity index (χ0v) is 18.9. The number of sulfonamides is 1. The lowest BCUT2D eigenvalue weighted by atomic mass is 10.1. The second-order valence-corrected chi connectivity index (χ2v) is 8.76. The van der Waals surface area contributed by atoms with Gasteiger partial charge in [0.1, 0.15) is 29.3 Å². The number of hydrogen-bond donors (Lipinski definition) is 3. The fourth-order valence-corrected chi connectivity index (χ4v) is 4.49. The third-order valence-electron chi connectivity index (χ3n) is 4.54. The van der Waals surface area contributed by atoms with Crippen molar-refractivity contribution in [2.45, 2.75) is 37.7 Å². The molecule has 32 heavy (non-hydrogen) atoms. The number of phenols is 1. The minimum absolute atomic E-state index is 0.0576. The van der Waals surface area contributed by atoms with Crippen LogP contribution < -0.4 is 0 Å². The minimum Gasteiger partial charge on any atom is -0.508 e. The Morgan fingerprint density at radius 2 is 1.75 bits per heavy atom. The van der Waals surface area contributed by atoms with Crippen molar-refractivity contribution >= 4 is 10.0 Å². The van der Waals surface area contributed by atoms with E-state index in [0.717, 1.165) is 15.9 Å². The SMILES string of the molecule is CC.Cc1ccc(S(=O)(=O)N2CCC(O)(CO)C2)c(C#N)c1.N#Cc1ccc(O)cc1F. The van der Waals surface area contributed by atoms with E-state index >= 15 is 0 Å². The molecule has 1 saturated heterocycles. The summed E-state index contributed by atoms with van der Waals surface area (Å²) in [5.41, 5.74) is -0.569. The van der Waals surface area contributed by atoms with E-state index in [4.69, 9.17) is 20.7 Å². The Balaban J connectivity index is 0.000000358. The number of aliphatic hydroxyl groups is 2. The van der Waals surface area contributed by atoms with Crippen molar-refractivity contribution in [3.05, 3.63) is 58.9 Å². The fraction of sp³-hybridized carbons (Fsp3) is 0.364. The van der Waals surface area contributed by atoms with Crippen molar-refractivity contribution in [1.29, 1.82) is 10.5 Å². The second kappa shape index (κ2) is 11.6. The standard InChI is InChI=1S/C13H16N2O4S.C7H4FNO.C2H6/c1-10-2-3-12(11(6-10)7-14)20(18,19)15-5-4-13(17,8-15)9-16;8-7-3-6(10)2-1-5(7)4-9;1-2/h2-3,6,16-17H,4-5,8-9H2,1H3;1-3,10H;1-2H3. The Labute approximate surface area is 187 Å². The summed E-state index contributed by atoms with van der Waals surface area (Å²) in [5.74, 6) is -0.862. The number of aliphatic hydroxyl groups excluding tert-OH is 1. The maximum absolute atomic E-state index is 12.5. The summed E-state index contributed by atoms with van der Waals surface area (Å²) in [5, 5.41) is 45.0. The fourth-order valence-electron chi connectivity index (χ4n) is 2.84. The first-order chi connectivity index (χ1) is 15.1. The van der Waals surface area contributed by atoms with Gasteiger partial charge in [-0.3, -0.25) is 0 Å². The zero-order chi connectivity index (χ0) is 24.5. The summed E-state index contributed by atoms with van der Waals surface area (Å²) in [7, 11) is -3.84. The van der Waals surface area contributed by atoms with Gasteiger partial charge in [-0.1, -0.05) is 19.9 Å². The summed E-state index contributed by atoms with van der Waals surface area (Å²) >= 11 is 0. The molecule has 10 heteroatoms. The molecule has 0 aromatic heterocycles. The summed E-state index contributed by atoms with van der Waals surface area (Å²) in [6.07, 6.45) is 0.177. The first-order valence-electron chi connectivity index (χ1n) is 9.79. The van der Waals surface area contributed by atoms with Crippen LogP contribution in [0.5, 0.6) is 5.75 Å². The third-order valence-corrected chi connectivity index (χ3v) is 6.44. The van der Waals surface area contributed by atoms with Crippen LogP contribution in [-0.2, 0) is 10.0 Å². The van der Waals surface area contributed by atoms with Crippen LogP contribution in [0, 0.1) is 35.4 Å². The van der Waals surface area contributed by atoms with E-state index in [1.807, 2.05) is 19.9 Å². The molecule has 0 radical (unpaired) electrons. The molecule has 1 fully saturated rings. The highest BCUT2D eigenvalue weighted by Crippen LogP contribution is 2.28. The number of nitriles is 2. The van der Waals surface area contributed by atoms with Crippen LogP contribution in [0.1, 0.15) is 37.0 Å². The first kappa shape index (κ1) is 27.0. The van der Waals surface area contributed by atoms with Crippen molar-refractivity contribution < 1.29 is 28.1 Å². The van der Waals surface area contributed by atoms with Crippen LogP contribution in [0.3, 0.4) is 0 Å². The van der Waals surface area contributed by atoms with Crippen molar-refractivity contribution in [3.8, 4) is 17.9 Å². The zero-order valence-electron chi connectivity index (χ0n) is 18.1. The molecule has 0 bridgehead atoms. The number of halogens is 1. The number of hydrogen-bond acceptors (Lipinski definition) is 7. The maximum Gasteiger partial charge on any atom is 0.244 e. The van der Waals surface area contributed by atoms with Crippen LogP contribution in [0.2, 0.25) is 0 Å². The number of aryl methyl sites for hydroxylation is 1. The number of β-amino-alcohol motifs (C(OH)–C–C–N with tert-alkyl or cyclic N) is 1. The molecule has 3 rings (SSSR count). The van der Waals surface area contributed by atoms with Gasteiger partial charge in [-0.2, -0.15) is 14.8 Å². The number of nitrogens with zero attached hydrogens (tertiary/aromatic N) is 3. The van der Waals surface area contributed by atoms with Gasteiger partial charge in [0.25, 0.3) is 0 Å². The van der Waals surface area contributed by atoms with Gasteiger partial charge in [-0.05, 0) is 43.2 Å². The third kappa shape index (κ3) is 6.49. The van der Waals surface area contributed by atoms with Crippen LogP contribution in [0.25, 0.3) is 0 Å². The van der Waals surface area contributed by atoms with E-state index in [1.165, 1.54) is 24.3 Å². The van der Waals surface area contributed by atoms with Gasteiger partial charge in [0, 0.05) is 19.2 Å². The molecule has 2 aromatic carbocycles. The molecule has 1 atom stereocenters. The molecule has 1 aliphatic rings. The van der Waals surface area contributed by atoms with Crippen LogP contribution in [-0.4, -0.2) is 53.3 Å². The number of rotatable bonds is 3. The Bertz CT molecular complexity index is 1130. The van der Waals surface area contributed by atoms with Crippen molar-refractivity contribution in [1.82, 2.24) is 4.31 Å². The maximum atomic E-state index is 12.5. The summed E-state index contributed by atoms with van der Waals surface area (Å²) < 4.78 is 38.6. The summed E-state index contributed by atoms with van der Waals surface area (Å²) in [4.78, 5) is -0.0622. The van der Waals surface area contributed by atoms with E-state index in [2.05, 4.69) is 0 Å². The molecule has 2 aromatic rings. The highest BCUT2D eigenvalue weighted by atomic mass is 32.2. The first-order valence-corrected chi connectivity index (χ1v) is 11.2. The van der Waals surface area contributed by atoms with E-state index in [-0.39, 0.29) is 41.3 Å². The average molecular weight is 464 g/mol. The molecule has 0 amide bonds. The van der Waals surface area contributed by atoms with Gasteiger partial charge >= 0.3 is 0 Å². The Morgan fingerprint density at radius 3 is 2.25 bits per heavy atom. The molecule has 8 nitrogen and oxygen atoms in total. The lowest BCUT2D eigenvalue weighted by molar-refractivity contribution is -0.000735. The molecule has 0 spiro atoms. The highest BCUT2D eigenvalue weighted by molar-refractivity contribution is 7.89. The normalized spacial score (nSPS) is 17.8. The smallest absolute Gasteiger partial charge is 0.244 e. The molecule has 1 heterocycles. The van der Waals surface area contributed by atoms with Crippen LogP contribution in [0.15, 0.2) is 41.3 Å². The minimum atomic E-state index is -3.84. The molecule has 172 valence electrons. The molecule has 0 saturated carbocycles. The van der Waals surface area contributed by atoms with Gasteiger partial charge < -0.3 is 15.3 Å². The Morgan fingerprint density at radius 1 is 1.12 bits per heavy atom. The predicted molar refractivity (Wildman–Crippen MR) is 115 cm³/mol. The van der Waals surface area contributed by atoms with E-state index in [1.54, 1.807) is 19.1 Å². The van der Waals surface area contributed by atoms with Crippen LogP contribution >= 0.6 is 0 Å². The van der Waals surface area contributed by atoms with E-state index in [9.17, 15) is 17.9 Å². The molecular formula is C22H26FN3O5S. The van der Waals surface area contributed by atoms with Crippen molar-refractivity contribution in [2.75, 3.05) is 19.7 Å². The monoisotopic (exact) mass is 463 g/mol. The van der Waals surface area contributed by atoms with Gasteiger partial charge in [-0.25, -0.2) is 12.8 Å². The predicted octanol–water partition coefficient (Wildman–Crippen LogP) is 2.41. The summed E-state index contributed by atoms with van der Waals surface area (Å²) in [6, 6.07) is 11.5. The Hall–Kier alpha value is -3.02. The molecule has 0 aliphatic carbocycles. The average Bonchev–Trinajstić information content (AvgIpc) is 3.19. The number of benzene rings is 2. The van der Waals surface area contributed by atoms with Gasteiger partial charge in [0.2, 0.25) is 10.0 Å². The lowest BCUT2D eigenvalue weighted by Gasteiger charge is -2.21. The van der Waals surface area contributed by atoms with Crippen LogP contribution in [0.4, 0.5) is 4.39 Å². The lowest BCUT2D eigenvalue weighted by Crippen LogP contribution is -2.38. The molecule has 1 unspecified atom stereocenters. The summed E-state index contributed by atoms with van der Waals surface area (Å²) in [6.45, 7) is 5.25. The largest absolute Gasteiger partial charge is 0.508 e. The van der Waals surface area contributed by atoms with Crippen molar-refractivity contribution in [3.63, 3.8) is 0 Å². The molecular weight excluding hydrogens is 437 g/mol. The Kier molecular flexibility index (Phi) is 9.76. The second-order valence-electron chi connectivity index (χ2n) is 6.86.